The first kappa shape index (κ1) is 12.6. The molecule has 0 amide bonds. The topological polar surface area (TPSA) is 78.0 Å². The van der Waals surface area contributed by atoms with Crippen LogP contribution in [0, 0.1) is 0 Å². The van der Waals surface area contributed by atoms with Gasteiger partial charge in [-0.25, -0.2) is 0 Å². The monoisotopic (exact) mass is 251 g/mol. The first-order chi connectivity index (χ1) is 8.80. The van der Waals surface area contributed by atoms with Crippen molar-refractivity contribution in [1.29, 1.82) is 0 Å². The first-order valence-electron chi connectivity index (χ1n) is 5.92. The zero-order valence-electron chi connectivity index (χ0n) is 10.8. The average molecular weight is 251 g/mol. The largest absolute Gasteiger partial charge is 0.377 e. The zero-order valence-corrected chi connectivity index (χ0v) is 10.8. The normalized spacial score (nSPS) is 10.8. The van der Waals surface area contributed by atoms with Crippen LogP contribution in [0.4, 0.5) is 5.95 Å². The molecule has 0 bridgehead atoms. The van der Waals surface area contributed by atoms with Crippen LogP contribution in [0.25, 0.3) is 11.5 Å². The fourth-order valence-corrected chi connectivity index (χ4v) is 1.71. The van der Waals surface area contributed by atoms with Gasteiger partial charge in [0.2, 0.25) is 5.95 Å². The fourth-order valence-electron chi connectivity index (χ4n) is 1.71. The minimum Gasteiger partial charge on any atom is -0.377 e. The Morgan fingerprint density at radius 3 is 2.89 bits per heavy atom. The van der Waals surface area contributed by atoms with E-state index in [9.17, 15) is 0 Å². The van der Waals surface area contributed by atoms with Gasteiger partial charge in [0.05, 0.1) is 0 Å². The second-order valence-electron chi connectivity index (χ2n) is 3.73. The first-order valence-corrected chi connectivity index (χ1v) is 5.92. The van der Waals surface area contributed by atoms with Crippen LogP contribution in [-0.2, 0) is 17.9 Å². The molecule has 0 unspecified atom stereocenters. The van der Waals surface area contributed by atoms with Crippen molar-refractivity contribution in [2.24, 2.45) is 0 Å². The van der Waals surface area contributed by atoms with Crippen LogP contribution >= 0.6 is 0 Å². The molecule has 2 aromatic rings. The Balaban J connectivity index is 2.31. The summed E-state index contributed by atoms with van der Waals surface area (Å²) >= 11 is 0. The van der Waals surface area contributed by atoms with Crippen molar-refractivity contribution in [1.82, 2.24) is 19.9 Å². The van der Waals surface area contributed by atoms with Crippen LogP contribution in [0.3, 0.4) is 0 Å². The third-order valence-electron chi connectivity index (χ3n) is 2.48. The van der Waals surface area contributed by atoms with Crippen LogP contribution in [-0.4, -0.2) is 33.6 Å². The van der Waals surface area contributed by atoms with Gasteiger partial charge in [-0.1, -0.05) is 5.16 Å². The summed E-state index contributed by atoms with van der Waals surface area (Å²) in [5.41, 5.74) is 0.667. The summed E-state index contributed by atoms with van der Waals surface area (Å²) in [5.74, 6) is 2.11. The minimum atomic E-state index is 0.396. The molecule has 0 fully saturated rings. The molecule has 0 aliphatic rings. The van der Waals surface area contributed by atoms with Crippen LogP contribution < -0.4 is 5.32 Å². The third-order valence-corrected chi connectivity index (χ3v) is 2.48. The molecule has 7 nitrogen and oxygen atoms in total. The maximum absolute atomic E-state index is 5.15. The van der Waals surface area contributed by atoms with Crippen LogP contribution in [0.5, 0.6) is 0 Å². The number of nitrogens with one attached hydrogen (secondary N) is 1. The molecule has 18 heavy (non-hydrogen) atoms. The minimum absolute atomic E-state index is 0.396. The number of anilines is 1. The van der Waals surface area contributed by atoms with Gasteiger partial charge in [-0.15, -0.1) is 10.2 Å². The molecule has 1 N–H and O–H groups in total. The second kappa shape index (κ2) is 5.63. The Morgan fingerprint density at radius 2 is 2.22 bits per heavy atom. The molecule has 2 aromatic heterocycles. The van der Waals surface area contributed by atoms with E-state index in [2.05, 4.69) is 20.7 Å². The van der Waals surface area contributed by atoms with Gasteiger partial charge in [0.25, 0.3) is 0 Å². The molecule has 0 aliphatic heterocycles. The smallest absolute Gasteiger partial charge is 0.224 e. The molecular weight excluding hydrogens is 234 g/mol. The van der Waals surface area contributed by atoms with Crippen molar-refractivity contribution < 1.29 is 9.26 Å². The number of ether oxygens (including phenoxy) is 1. The number of hydrogen-bond donors (Lipinski definition) is 1. The Kier molecular flexibility index (Phi) is 3.93. The van der Waals surface area contributed by atoms with E-state index in [0.717, 1.165) is 19.0 Å². The van der Waals surface area contributed by atoms with Crippen LogP contribution in [0.2, 0.25) is 0 Å². The van der Waals surface area contributed by atoms with Crippen LogP contribution in [0.15, 0.2) is 10.6 Å². The van der Waals surface area contributed by atoms with Crippen molar-refractivity contribution >= 4 is 5.95 Å². The molecule has 0 saturated heterocycles. The number of aromatic nitrogens is 4. The molecule has 2 heterocycles. The fraction of sp³-hybridized carbons (Fsp3) is 0.545. The predicted octanol–water partition coefficient (Wildman–Crippen LogP) is 1.53. The quantitative estimate of drug-likeness (QED) is 0.838. The van der Waals surface area contributed by atoms with E-state index in [1.807, 2.05) is 24.5 Å². The van der Waals surface area contributed by atoms with E-state index in [0.29, 0.717) is 23.9 Å². The lowest BCUT2D eigenvalue weighted by Crippen LogP contribution is -2.06. The van der Waals surface area contributed by atoms with Crippen LogP contribution in [0.1, 0.15) is 19.6 Å². The van der Waals surface area contributed by atoms with Gasteiger partial charge >= 0.3 is 0 Å². The molecule has 2 rings (SSSR count). The molecule has 0 aliphatic carbocycles. The van der Waals surface area contributed by atoms with E-state index in [1.165, 1.54) is 0 Å². The Morgan fingerprint density at radius 1 is 1.39 bits per heavy atom. The summed E-state index contributed by atoms with van der Waals surface area (Å²) < 4.78 is 12.1. The maximum Gasteiger partial charge on any atom is 0.224 e. The molecule has 0 atom stereocenters. The van der Waals surface area contributed by atoms with Gasteiger partial charge in [-0.3, -0.25) is 4.57 Å². The highest BCUT2D eigenvalue weighted by molar-refractivity contribution is 5.52. The second-order valence-corrected chi connectivity index (χ2v) is 3.73. The van der Waals surface area contributed by atoms with Gasteiger partial charge in [-0.2, -0.15) is 0 Å². The lowest BCUT2D eigenvalue weighted by atomic mass is 10.3. The van der Waals surface area contributed by atoms with E-state index in [4.69, 9.17) is 9.26 Å². The lowest BCUT2D eigenvalue weighted by Gasteiger charge is -2.05. The van der Waals surface area contributed by atoms with E-state index >= 15 is 0 Å². The SMILES string of the molecule is CCNc1nnc(-c2cc(COC)on2)n1CC. The Bertz CT molecular complexity index is 505. The highest BCUT2D eigenvalue weighted by atomic mass is 16.5. The van der Waals surface area contributed by atoms with Crippen molar-refractivity contribution in [3.8, 4) is 11.5 Å². The van der Waals surface area contributed by atoms with Gasteiger partial charge < -0.3 is 14.6 Å². The van der Waals surface area contributed by atoms with E-state index in [1.54, 1.807) is 7.11 Å². The summed E-state index contributed by atoms with van der Waals surface area (Å²) in [4.78, 5) is 0. The molecule has 0 aromatic carbocycles. The van der Waals surface area contributed by atoms with Crippen molar-refractivity contribution in [3.05, 3.63) is 11.8 Å². The molecule has 0 saturated carbocycles. The number of methoxy groups -OCH3 is 1. The number of nitrogens with zero attached hydrogens (tertiary/aromatic N) is 4. The third kappa shape index (κ3) is 2.35. The summed E-state index contributed by atoms with van der Waals surface area (Å²) in [5, 5.41) is 15.4. The molecule has 0 spiro atoms. The summed E-state index contributed by atoms with van der Waals surface area (Å²) in [6, 6.07) is 1.81. The van der Waals surface area contributed by atoms with E-state index in [-0.39, 0.29) is 0 Å². The summed E-state index contributed by atoms with van der Waals surface area (Å²) in [6.45, 7) is 6.00. The van der Waals surface area contributed by atoms with Gasteiger partial charge in [0.1, 0.15) is 6.61 Å². The average Bonchev–Trinajstić information content (AvgIpc) is 2.96. The Hall–Kier alpha value is -1.89. The van der Waals surface area contributed by atoms with Gasteiger partial charge in [0, 0.05) is 26.3 Å². The molecule has 0 radical (unpaired) electrons. The molecule has 98 valence electrons. The lowest BCUT2D eigenvalue weighted by molar-refractivity contribution is 0.156. The van der Waals surface area contributed by atoms with E-state index < -0.39 is 0 Å². The zero-order chi connectivity index (χ0) is 13.0. The summed E-state index contributed by atoms with van der Waals surface area (Å²) in [6.07, 6.45) is 0. The van der Waals surface area contributed by atoms with Gasteiger partial charge in [0.15, 0.2) is 17.3 Å². The highest BCUT2D eigenvalue weighted by Gasteiger charge is 2.16. The molecule has 7 heteroatoms. The van der Waals surface area contributed by atoms with Gasteiger partial charge in [-0.05, 0) is 13.8 Å². The maximum atomic E-state index is 5.15. The predicted molar refractivity (Wildman–Crippen MR) is 66.1 cm³/mol. The van der Waals surface area contributed by atoms with Crippen molar-refractivity contribution in [3.63, 3.8) is 0 Å². The molecular formula is C11H17N5O2. The number of rotatable bonds is 6. The van der Waals surface area contributed by atoms with Crippen molar-refractivity contribution in [2.75, 3.05) is 19.0 Å². The number of hydrogen-bond acceptors (Lipinski definition) is 6. The Labute approximate surface area is 105 Å². The van der Waals surface area contributed by atoms with Crippen molar-refractivity contribution in [2.45, 2.75) is 27.0 Å². The standard InChI is InChI=1S/C11H17N5O2/c1-4-12-11-14-13-10(16(11)5-2)9-6-8(7-17-3)18-15-9/h6H,4-5,7H2,1-3H3,(H,12,14). The summed E-state index contributed by atoms with van der Waals surface area (Å²) in [7, 11) is 1.61. The highest BCUT2D eigenvalue weighted by Crippen LogP contribution is 2.20.